The van der Waals surface area contributed by atoms with Crippen LogP contribution >= 0.6 is 8.58 Å². The molecular formula is C45H62N3O4P. The van der Waals surface area contributed by atoms with Crippen LogP contribution in [-0.2, 0) is 25.5 Å². The number of nitrogens with one attached hydrogen (secondary N) is 1. The van der Waals surface area contributed by atoms with E-state index in [1.165, 1.54) is 30.7 Å². The Kier molecular flexibility index (Phi) is 17.1. The molecule has 2 amide bonds. The highest BCUT2D eigenvalue weighted by atomic mass is 31.1. The fourth-order valence-electron chi connectivity index (χ4n) is 7.54. The van der Waals surface area contributed by atoms with E-state index in [-0.39, 0.29) is 36.0 Å². The molecule has 286 valence electrons. The smallest absolute Gasteiger partial charge is 0.328 e. The Morgan fingerprint density at radius 2 is 1.57 bits per heavy atom. The second-order valence-corrected chi connectivity index (χ2v) is 15.9. The van der Waals surface area contributed by atoms with E-state index in [1.54, 1.807) is 13.8 Å². The summed E-state index contributed by atoms with van der Waals surface area (Å²) in [7, 11) is 1.02. The number of hydrogen-bond donors (Lipinski definition) is 1. The van der Waals surface area contributed by atoms with Crippen molar-refractivity contribution in [3.05, 3.63) is 113 Å². The van der Waals surface area contributed by atoms with E-state index < -0.39 is 6.04 Å². The fraction of sp³-hybridized carbons (Fsp3) is 0.489. The molecule has 1 aliphatic carbocycles. The maximum absolute atomic E-state index is 13.9. The van der Waals surface area contributed by atoms with Gasteiger partial charge in [-0.3, -0.25) is 9.59 Å². The summed E-state index contributed by atoms with van der Waals surface area (Å²) in [6.45, 7) is 10.7. The van der Waals surface area contributed by atoms with Gasteiger partial charge in [-0.25, -0.2) is 4.79 Å². The third-order valence-corrected chi connectivity index (χ3v) is 11.9. The zero-order valence-electron chi connectivity index (χ0n) is 32.7. The summed E-state index contributed by atoms with van der Waals surface area (Å²) in [6, 6.07) is 27.8. The molecule has 53 heavy (non-hydrogen) atoms. The van der Waals surface area contributed by atoms with E-state index in [4.69, 9.17) is 4.74 Å². The van der Waals surface area contributed by atoms with Crippen molar-refractivity contribution in [3.8, 4) is 0 Å². The van der Waals surface area contributed by atoms with Gasteiger partial charge in [0.05, 0.1) is 13.2 Å². The summed E-state index contributed by atoms with van der Waals surface area (Å²) in [5.41, 5.74) is 5.00. The second-order valence-electron chi connectivity index (χ2n) is 14.4. The molecule has 5 rings (SSSR count). The first-order valence-electron chi connectivity index (χ1n) is 19.8. The molecule has 1 N–H and O–H groups in total. The van der Waals surface area contributed by atoms with Gasteiger partial charge in [0.1, 0.15) is 12.2 Å². The molecule has 8 heteroatoms. The number of esters is 1. The van der Waals surface area contributed by atoms with E-state index in [0.29, 0.717) is 13.0 Å². The zero-order valence-corrected chi connectivity index (χ0v) is 33.7. The molecule has 2 fully saturated rings. The van der Waals surface area contributed by atoms with E-state index in [9.17, 15) is 14.4 Å². The van der Waals surface area contributed by atoms with Crippen molar-refractivity contribution in [2.24, 2.45) is 5.41 Å². The Balaban J connectivity index is 0.000000801. The lowest BCUT2D eigenvalue weighted by atomic mass is 9.80. The topological polar surface area (TPSA) is 79.0 Å². The van der Waals surface area contributed by atoms with Crippen molar-refractivity contribution in [3.63, 3.8) is 0 Å². The van der Waals surface area contributed by atoms with Gasteiger partial charge < -0.3 is 19.9 Å². The summed E-state index contributed by atoms with van der Waals surface area (Å²) in [5.74, 6) is -0.347. The number of allylic oxidation sites excluding steroid dienone is 1. The Bertz CT molecular complexity index is 1590. The summed E-state index contributed by atoms with van der Waals surface area (Å²) >= 11 is 0. The third kappa shape index (κ3) is 12.0. The highest BCUT2D eigenvalue weighted by Crippen LogP contribution is 2.43. The predicted octanol–water partition coefficient (Wildman–Crippen LogP) is 9.75. The van der Waals surface area contributed by atoms with Crippen LogP contribution in [0, 0.1) is 12.3 Å². The van der Waals surface area contributed by atoms with Crippen LogP contribution in [0.2, 0.25) is 0 Å². The Morgan fingerprint density at radius 3 is 2.13 bits per heavy atom. The SMILES string of the molecule is CC/C=C1\CN(C(C)=O)C(c2ccccc2)N1c1ccc(CC(NC(=O)C2(CCCCPCCC)CCCC2)C(=O)OCC)cc1.Cc1ccccc1. The van der Waals surface area contributed by atoms with E-state index >= 15 is 0 Å². The number of anilines is 1. The van der Waals surface area contributed by atoms with E-state index in [0.717, 1.165) is 76.0 Å². The van der Waals surface area contributed by atoms with Crippen molar-refractivity contribution in [2.75, 3.05) is 30.4 Å². The van der Waals surface area contributed by atoms with Gasteiger partial charge in [0, 0.05) is 30.1 Å². The average Bonchev–Trinajstić information content (AvgIpc) is 3.81. The van der Waals surface area contributed by atoms with Gasteiger partial charge in [0.2, 0.25) is 11.8 Å². The lowest BCUT2D eigenvalue weighted by molar-refractivity contribution is -0.148. The average molecular weight is 740 g/mol. The molecule has 1 heterocycles. The molecule has 3 aromatic rings. The lowest BCUT2D eigenvalue weighted by Gasteiger charge is -2.32. The van der Waals surface area contributed by atoms with Crippen molar-refractivity contribution in [1.82, 2.24) is 10.2 Å². The predicted molar refractivity (Wildman–Crippen MR) is 220 cm³/mol. The number of unbranched alkanes of at least 4 members (excludes halogenated alkanes) is 1. The van der Waals surface area contributed by atoms with Crippen molar-refractivity contribution >= 4 is 32.1 Å². The second kappa shape index (κ2) is 21.7. The minimum atomic E-state index is -0.741. The third-order valence-electron chi connectivity index (χ3n) is 10.3. The number of ether oxygens (including phenoxy) is 1. The van der Waals surface area contributed by atoms with Gasteiger partial charge in [0.15, 0.2) is 0 Å². The van der Waals surface area contributed by atoms with E-state index in [2.05, 4.69) is 73.5 Å². The van der Waals surface area contributed by atoms with Crippen molar-refractivity contribution in [2.45, 2.75) is 111 Å². The van der Waals surface area contributed by atoms with Crippen LogP contribution in [0.25, 0.3) is 0 Å². The first kappa shape index (κ1) is 41.8. The van der Waals surface area contributed by atoms with Crippen LogP contribution in [0.5, 0.6) is 0 Å². The van der Waals surface area contributed by atoms with E-state index in [1.807, 2.05) is 53.4 Å². The summed E-state index contributed by atoms with van der Waals surface area (Å²) in [5, 5.41) is 3.16. The number of nitrogens with zero attached hydrogens (tertiary/aromatic N) is 2. The van der Waals surface area contributed by atoms with Gasteiger partial charge >= 0.3 is 5.97 Å². The van der Waals surface area contributed by atoms with Crippen LogP contribution in [0.1, 0.15) is 108 Å². The Morgan fingerprint density at radius 1 is 0.906 bits per heavy atom. The van der Waals surface area contributed by atoms with Crippen LogP contribution in [-0.4, -0.2) is 54.2 Å². The first-order valence-corrected chi connectivity index (χ1v) is 21.2. The number of aryl methyl sites for hydroxylation is 1. The minimum Gasteiger partial charge on any atom is -0.464 e. The zero-order chi connectivity index (χ0) is 38.1. The summed E-state index contributed by atoms with van der Waals surface area (Å²) < 4.78 is 5.45. The van der Waals surface area contributed by atoms with Gasteiger partial charge in [0.25, 0.3) is 0 Å². The number of carbonyl (C=O) groups is 3. The monoisotopic (exact) mass is 739 g/mol. The van der Waals surface area contributed by atoms with Crippen LogP contribution in [0.3, 0.4) is 0 Å². The number of benzene rings is 3. The molecule has 1 aliphatic heterocycles. The van der Waals surface area contributed by atoms with Crippen LogP contribution < -0.4 is 10.2 Å². The molecule has 1 saturated carbocycles. The van der Waals surface area contributed by atoms with Crippen LogP contribution in [0.4, 0.5) is 5.69 Å². The summed E-state index contributed by atoms with van der Waals surface area (Å²) in [6.07, 6.45) is 14.0. The molecule has 0 bridgehead atoms. The lowest BCUT2D eigenvalue weighted by Crippen LogP contribution is -2.49. The molecule has 7 nitrogen and oxygen atoms in total. The highest BCUT2D eigenvalue weighted by Gasteiger charge is 2.42. The van der Waals surface area contributed by atoms with Crippen molar-refractivity contribution in [1.29, 1.82) is 0 Å². The number of rotatable bonds is 16. The standard InChI is InChI=1S/C38H54N3O4P.C7H8/c1-5-15-33-28-40(29(4)42)35(31-16-9-8-10-17-31)41(33)32-20-18-30(19-21-32)27-34(36(43)45-7-3)39-37(44)38(22-11-12-23-38)24-13-14-26-46-25-6-2;1-7-5-3-2-4-6-7/h8-10,15-21,34-35,46H,5-7,11-14,22-28H2,1-4H3,(H,39,44);2-6H,1H3/b33-15+;. The fourth-order valence-corrected chi connectivity index (χ4v) is 8.65. The van der Waals surface area contributed by atoms with Crippen LogP contribution in [0.15, 0.2) is 96.7 Å². The molecule has 3 atom stereocenters. The Hall–Kier alpha value is -3.96. The maximum Gasteiger partial charge on any atom is 0.328 e. The van der Waals surface area contributed by atoms with Gasteiger partial charge in [-0.2, -0.15) is 0 Å². The Labute approximate surface area is 320 Å². The quantitative estimate of drug-likeness (QED) is 0.0900. The van der Waals surface area contributed by atoms with Crippen molar-refractivity contribution < 1.29 is 19.1 Å². The molecule has 3 aromatic carbocycles. The molecule has 0 radical (unpaired) electrons. The van der Waals surface area contributed by atoms with Gasteiger partial charge in [-0.05, 0) is 81.5 Å². The maximum atomic E-state index is 13.9. The first-order chi connectivity index (χ1) is 25.7. The molecule has 0 spiro atoms. The highest BCUT2D eigenvalue weighted by molar-refractivity contribution is 7.37. The summed E-state index contributed by atoms with van der Waals surface area (Å²) in [4.78, 5) is 43.9. The minimum absolute atomic E-state index is 0.0112. The number of hydrogen-bond acceptors (Lipinski definition) is 5. The number of amides is 2. The van der Waals surface area contributed by atoms with Gasteiger partial charge in [-0.1, -0.05) is 124 Å². The largest absolute Gasteiger partial charge is 0.464 e. The molecule has 3 unspecified atom stereocenters. The van der Waals surface area contributed by atoms with Gasteiger partial charge in [-0.15, -0.1) is 8.58 Å². The molecule has 1 saturated heterocycles. The number of carbonyl (C=O) groups excluding carboxylic acids is 3. The molecular weight excluding hydrogens is 677 g/mol. The molecule has 0 aromatic heterocycles. The normalized spacial score (nSPS) is 17.8. The molecule has 2 aliphatic rings.